The fraction of sp³-hybridized carbons (Fsp3) is 0.263. The molecule has 28 heavy (non-hydrogen) atoms. The molecule has 1 saturated heterocycles. The first-order valence-electron chi connectivity index (χ1n) is 8.92. The van der Waals surface area contributed by atoms with Gasteiger partial charge in [-0.25, -0.2) is 4.39 Å². The number of carbonyl (C=O) groups excluding carboxylic acids is 1. The summed E-state index contributed by atoms with van der Waals surface area (Å²) in [5.74, 6) is 1.03. The maximum Gasteiger partial charge on any atom is 0.277 e. The molecule has 1 aliphatic rings. The summed E-state index contributed by atoms with van der Waals surface area (Å²) in [4.78, 5) is 16.5. The van der Waals surface area contributed by atoms with Gasteiger partial charge in [-0.15, -0.1) is 10.2 Å². The molecule has 3 heterocycles. The summed E-state index contributed by atoms with van der Waals surface area (Å²) in [5, 5.41) is 14.5. The van der Waals surface area contributed by atoms with Crippen molar-refractivity contribution in [3.8, 4) is 0 Å². The Morgan fingerprint density at radius 2 is 1.75 bits per heavy atom. The van der Waals surface area contributed by atoms with Crippen molar-refractivity contribution >= 4 is 23.2 Å². The van der Waals surface area contributed by atoms with E-state index in [-0.39, 0.29) is 11.5 Å². The molecule has 4 rings (SSSR count). The first kappa shape index (κ1) is 17.9. The van der Waals surface area contributed by atoms with Gasteiger partial charge in [0.15, 0.2) is 17.3 Å². The Labute approximate surface area is 160 Å². The Balaban J connectivity index is 1.35. The maximum atomic E-state index is 13.1. The lowest BCUT2D eigenvalue weighted by Gasteiger charge is -2.36. The van der Waals surface area contributed by atoms with Crippen molar-refractivity contribution in [2.45, 2.75) is 6.92 Å². The molecule has 1 N–H and O–H groups in total. The minimum absolute atomic E-state index is 0.203. The van der Waals surface area contributed by atoms with E-state index < -0.39 is 5.91 Å². The topological polar surface area (TPSA) is 87.4 Å². The number of aryl methyl sites for hydroxylation is 1. The quantitative estimate of drug-likeness (QED) is 0.742. The van der Waals surface area contributed by atoms with Crippen molar-refractivity contribution in [2.75, 3.05) is 41.3 Å². The monoisotopic (exact) mass is 382 g/mol. The number of nitrogens with one attached hydrogen (secondary N) is 1. The van der Waals surface area contributed by atoms with Crippen LogP contribution < -0.4 is 15.1 Å². The Bertz CT molecular complexity index is 949. The van der Waals surface area contributed by atoms with Crippen LogP contribution in [-0.2, 0) is 0 Å². The molecule has 1 amide bonds. The van der Waals surface area contributed by atoms with Gasteiger partial charge in [0.1, 0.15) is 11.6 Å². The highest BCUT2D eigenvalue weighted by Crippen LogP contribution is 2.19. The average Bonchev–Trinajstić information content (AvgIpc) is 3.13. The number of carbonyl (C=O) groups is 1. The molecule has 1 fully saturated rings. The Morgan fingerprint density at radius 1 is 1.04 bits per heavy atom. The summed E-state index contributed by atoms with van der Waals surface area (Å²) >= 11 is 0. The predicted octanol–water partition coefficient (Wildman–Crippen LogP) is 2.49. The molecule has 0 radical (unpaired) electrons. The molecule has 144 valence electrons. The molecule has 0 spiro atoms. The Kier molecular flexibility index (Phi) is 4.88. The van der Waals surface area contributed by atoms with Gasteiger partial charge in [0.2, 0.25) is 0 Å². The molecule has 0 unspecified atom stereocenters. The molecule has 1 aromatic carbocycles. The van der Waals surface area contributed by atoms with E-state index in [1.807, 2.05) is 0 Å². The second kappa shape index (κ2) is 7.63. The number of nitrogens with zero attached hydrogens (tertiary/aromatic N) is 5. The van der Waals surface area contributed by atoms with Gasteiger partial charge in [-0.3, -0.25) is 4.79 Å². The standard InChI is InChI=1S/C19H19FN6O2/c1-13-12-17(24-28-13)21-19(27)16-6-7-18(23-22-16)26-10-8-25(9-11-26)15-4-2-14(20)3-5-15/h2-7,12H,8-11H2,1H3,(H,21,24,27). The van der Waals surface area contributed by atoms with E-state index in [1.54, 1.807) is 37.3 Å². The molecule has 2 aromatic heterocycles. The van der Waals surface area contributed by atoms with Crippen LogP contribution in [0.5, 0.6) is 0 Å². The lowest BCUT2D eigenvalue weighted by Crippen LogP contribution is -2.46. The van der Waals surface area contributed by atoms with Crippen LogP contribution in [0.15, 0.2) is 47.0 Å². The number of aromatic nitrogens is 3. The second-order valence-corrected chi connectivity index (χ2v) is 6.50. The second-order valence-electron chi connectivity index (χ2n) is 6.50. The number of hydrogen-bond acceptors (Lipinski definition) is 7. The molecule has 1 aliphatic heterocycles. The van der Waals surface area contributed by atoms with Crippen LogP contribution in [0.2, 0.25) is 0 Å². The van der Waals surface area contributed by atoms with E-state index >= 15 is 0 Å². The van der Waals surface area contributed by atoms with Gasteiger partial charge in [0.05, 0.1) is 0 Å². The number of benzene rings is 1. The first-order valence-corrected chi connectivity index (χ1v) is 8.92. The molecule has 8 nitrogen and oxygen atoms in total. The van der Waals surface area contributed by atoms with Gasteiger partial charge >= 0.3 is 0 Å². The molecule has 9 heteroatoms. The largest absolute Gasteiger partial charge is 0.368 e. The zero-order valence-corrected chi connectivity index (χ0v) is 15.3. The first-order chi connectivity index (χ1) is 13.6. The van der Waals surface area contributed by atoms with Crippen LogP contribution >= 0.6 is 0 Å². The normalized spacial score (nSPS) is 14.2. The van der Waals surface area contributed by atoms with Crippen LogP contribution in [0.25, 0.3) is 0 Å². The number of hydrogen-bond donors (Lipinski definition) is 1. The molecule has 3 aromatic rings. The minimum Gasteiger partial charge on any atom is -0.368 e. The maximum absolute atomic E-state index is 13.1. The van der Waals surface area contributed by atoms with Crippen molar-refractivity contribution in [1.29, 1.82) is 0 Å². The van der Waals surface area contributed by atoms with Gasteiger partial charge in [0.25, 0.3) is 5.91 Å². The van der Waals surface area contributed by atoms with E-state index in [0.717, 1.165) is 31.9 Å². The zero-order valence-electron chi connectivity index (χ0n) is 15.3. The molecular weight excluding hydrogens is 363 g/mol. The minimum atomic E-state index is -0.395. The molecule has 0 atom stereocenters. The summed E-state index contributed by atoms with van der Waals surface area (Å²) < 4.78 is 18.0. The van der Waals surface area contributed by atoms with E-state index in [4.69, 9.17) is 4.52 Å². The average molecular weight is 382 g/mol. The van der Waals surface area contributed by atoms with Crippen LogP contribution in [0, 0.1) is 12.7 Å². The summed E-state index contributed by atoms with van der Waals surface area (Å²) in [6.07, 6.45) is 0. The van der Waals surface area contributed by atoms with Crippen LogP contribution in [-0.4, -0.2) is 47.4 Å². The van der Waals surface area contributed by atoms with Gasteiger partial charge in [-0.1, -0.05) is 5.16 Å². The third kappa shape index (κ3) is 3.93. The fourth-order valence-corrected chi connectivity index (χ4v) is 3.07. The molecular formula is C19H19FN6O2. The number of rotatable bonds is 4. The summed E-state index contributed by atoms with van der Waals surface area (Å²) in [6, 6.07) is 11.6. The Hall–Kier alpha value is -3.49. The predicted molar refractivity (Wildman–Crippen MR) is 102 cm³/mol. The number of halogens is 1. The molecule has 0 saturated carbocycles. The van der Waals surface area contributed by atoms with Crippen molar-refractivity contribution in [3.05, 3.63) is 59.7 Å². The highest BCUT2D eigenvalue weighted by Gasteiger charge is 2.19. The lowest BCUT2D eigenvalue weighted by atomic mass is 10.2. The summed E-state index contributed by atoms with van der Waals surface area (Å²) in [5.41, 5.74) is 1.21. The lowest BCUT2D eigenvalue weighted by molar-refractivity contribution is 0.102. The summed E-state index contributed by atoms with van der Waals surface area (Å²) in [7, 11) is 0. The highest BCUT2D eigenvalue weighted by molar-refractivity contribution is 6.02. The van der Waals surface area contributed by atoms with Gasteiger partial charge < -0.3 is 19.6 Å². The van der Waals surface area contributed by atoms with Crippen molar-refractivity contribution < 1.29 is 13.7 Å². The van der Waals surface area contributed by atoms with Crippen molar-refractivity contribution in [2.24, 2.45) is 0 Å². The van der Waals surface area contributed by atoms with E-state index in [9.17, 15) is 9.18 Å². The number of amides is 1. The van der Waals surface area contributed by atoms with Crippen molar-refractivity contribution in [3.63, 3.8) is 0 Å². The van der Waals surface area contributed by atoms with Crippen LogP contribution in [0.4, 0.5) is 21.7 Å². The molecule has 0 aliphatic carbocycles. The third-order valence-electron chi connectivity index (χ3n) is 4.55. The molecule has 0 bridgehead atoms. The summed E-state index contributed by atoms with van der Waals surface area (Å²) in [6.45, 7) is 4.85. The SMILES string of the molecule is Cc1cc(NC(=O)c2ccc(N3CCN(c4ccc(F)cc4)CC3)nn2)no1. The van der Waals surface area contributed by atoms with E-state index in [1.165, 1.54) is 12.1 Å². The zero-order chi connectivity index (χ0) is 19.5. The Morgan fingerprint density at radius 3 is 2.36 bits per heavy atom. The van der Waals surface area contributed by atoms with Crippen LogP contribution in [0.1, 0.15) is 16.2 Å². The van der Waals surface area contributed by atoms with Gasteiger partial charge in [0, 0.05) is 37.9 Å². The van der Waals surface area contributed by atoms with Crippen molar-refractivity contribution in [1.82, 2.24) is 15.4 Å². The van der Waals surface area contributed by atoms with E-state index in [2.05, 4.69) is 30.5 Å². The van der Waals surface area contributed by atoms with Gasteiger partial charge in [-0.2, -0.15) is 0 Å². The van der Waals surface area contributed by atoms with Gasteiger partial charge in [-0.05, 0) is 43.3 Å². The van der Waals surface area contributed by atoms with E-state index in [0.29, 0.717) is 17.4 Å². The number of piperazine rings is 1. The van der Waals surface area contributed by atoms with Crippen LogP contribution in [0.3, 0.4) is 0 Å². The smallest absolute Gasteiger partial charge is 0.277 e. The number of anilines is 3. The highest BCUT2D eigenvalue weighted by atomic mass is 19.1. The third-order valence-corrected chi connectivity index (χ3v) is 4.55. The fourth-order valence-electron chi connectivity index (χ4n) is 3.07.